The number of primary amides is 1. The fourth-order valence-corrected chi connectivity index (χ4v) is 6.41. The van der Waals surface area contributed by atoms with Gasteiger partial charge in [0.25, 0.3) is 10.2 Å². The summed E-state index contributed by atoms with van der Waals surface area (Å²) in [5.41, 5.74) is 5.73. The Hall–Kier alpha value is -1.49. The second-order valence-corrected chi connectivity index (χ2v) is 10.4. The first-order chi connectivity index (χ1) is 13.9. The number of morpholine rings is 1. The topological polar surface area (TPSA) is 119 Å². The van der Waals surface area contributed by atoms with Gasteiger partial charge in [0.05, 0.1) is 24.3 Å². The van der Waals surface area contributed by atoms with Crippen molar-refractivity contribution in [3.63, 3.8) is 0 Å². The summed E-state index contributed by atoms with van der Waals surface area (Å²) in [6.45, 7) is 1.77. The van der Waals surface area contributed by atoms with Gasteiger partial charge in [-0.15, -0.1) is 0 Å². The van der Waals surface area contributed by atoms with E-state index in [0.29, 0.717) is 44.4 Å². The van der Waals surface area contributed by atoms with Gasteiger partial charge in [0, 0.05) is 44.6 Å². The van der Waals surface area contributed by atoms with E-state index in [9.17, 15) is 13.2 Å². The van der Waals surface area contributed by atoms with E-state index >= 15 is 0 Å². The molecule has 2 saturated heterocycles. The van der Waals surface area contributed by atoms with Crippen LogP contribution in [0.4, 0.5) is 0 Å². The lowest BCUT2D eigenvalue weighted by Crippen LogP contribution is -2.49. The Morgan fingerprint density at radius 3 is 2.59 bits per heavy atom. The number of carbonyl (C=O) groups excluding carboxylic acids is 1. The summed E-state index contributed by atoms with van der Waals surface area (Å²) in [6, 6.07) is 1.93. The number of hydrogen-bond acceptors (Lipinski definition) is 6. The minimum atomic E-state index is -3.64. The number of nitrogens with two attached hydrogens (primary N) is 1. The molecule has 1 unspecified atom stereocenters. The van der Waals surface area contributed by atoms with Gasteiger partial charge in [-0.3, -0.25) is 4.79 Å². The van der Waals surface area contributed by atoms with Crippen LogP contribution in [0.5, 0.6) is 0 Å². The molecule has 1 aromatic heterocycles. The van der Waals surface area contributed by atoms with Gasteiger partial charge in [-0.25, -0.2) is 0 Å². The summed E-state index contributed by atoms with van der Waals surface area (Å²) >= 11 is 0. The number of hydrogen-bond donors (Lipinski definition) is 1. The van der Waals surface area contributed by atoms with Crippen LogP contribution < -0.4 is 5.73 Å². The Morgan fingerprint density at radius 1 is 1.17 bits per heavy atom. The van der Waals surface area contributed by atoms with E-state index < -0.39 is 21.5 Å². The third-order valence-electron chi connectivity index (χ3n) is 6.58. The van der Waals surface area contributed by atoms with Crippen LogP contribution in [-0.2, 0) is 26.2 Å². The van der Waals surface area contributed by atoms with Gasteiger partial charge in [-0.05, 0) is 19.3 Å². The summed E-state index contributed by atoms with van der Waals surface area (Å²) in [5.74, 6) is 0.523. The molecule has 162 valence electrons. The van der Waals surface area contributed by atoms with Gasteiger partial charge in [0.15, 0.2) is 0 Å². The molecule has 9 nitrogen and oxygen atoms in total. The summed E-state index contributed by atoms with van der Waals surface area (Å²) in [7, 11) is -3.64. The Bertz CT molecular complexity index is 829. The number of rotatable bonds is 6. The summed E-state index contributed by atoms with van der Waals surface area (Å²) in [4.78, 5) is 12.4. The van der Waals surface area contributed by atoms with Crippen LogP contribution in [0.3, 0.4) is 0 Å². The quantitative estimate of drug-likeness (QED) is 0.725. The Morgan fingerprint density at radius 2 is 1.90 bits per heavy atom. The SMILES string of the molecule is NC(=O)C1(Cc2cc(C3CCCCC3)no2)CCN(S(=O)(=O)N2CCOCC2)C1. The molecule has 0 radical (unpaired) electrons. The fourth-order valence-electron chi connectivity index (χ4n) is 4.74. The average Bonchev–Trinajstić information content (AvgIpc) is 3.38. The average molecular weight is 427 g/mol. The Labute approximate surface area is 171 Å². The lowest BCUT2D eigenvalue weighted by molar-refractivity contribution is -0.127. The maximum Gasteiger partial charge on any atom is 0.282 e. The predicted molar refractivity (Wildman–Crippen MR) is 105 cm³/mol. The lowest BCUT2D eigenvalue weighted by Gasteiger charge is -2.31. The zero-order valence-electron chi connectivity index (χ0n) is 16.7. The number of ether oxygens (including phenoxy) is 1. The fraction of sp³-hybridized carbons (Fsp3) is 0.789. The molecule has 3 aliphatic rings. The normalized spacial score (nSPS) is 28.0. The highest BCUT2D eigenvalue weighted by Gasteiger charge is 2.49. The molecule has 0 bridgehead atoms. The van der Waals surface area contributed by atoms with Gasteiger partial charge in [0.2, 0.25) is 5.91 Å². The lowest BCUT2D eigenvalue weighted by atomic mass is 9.81. The minimum absolute atomic E-state index is 0.0709. The van der Waals surface area contributed by atoms with Crippen LogP contribution in [0, 0.1) is 5.41 Å². The highest BCUT2D eigenvalue weighted by molar-refractivity contribution is 7.86. The first kappa shape index (κ1) is 20.8. The third kappa shape index (κ3) is 4.21. The van der Waals surface area contributed by atoms with E-state index in [-0.39, 0.29) is 19.5 Å². The summed E-state index contributed by atoms with van der Waals surface area (Å²) in [5, 5.41) is 4.23. The zero-order valence-corrected chi connectivity index (χ0v) is 17.5. The molecular weight excluding hydrogens is 396 g/mol. The molecule has 2 N–H and O–H groups in total. The number of amides is 1. The maximum absolute atomic E-state index is 13.0. The molecule has 1 amide bonds. The van der Waals surface area contributed by atoms with Crippen LogP contribution in [0.2, 0.25) is 0 Å². The Kier molecular flexibility index (Phi) is 5.97. The number of carbonyl (C=O) groups is 1. The molecule has 3 heterocycles. The van der Waals surface area contributed by atoms with Crippen molar-refractivity contribution in [3.05, 3.63) is 17.5 Å². The van der Waals surface area contributed by atoms with E-state index in [1.165, 1.54) is 27.9 Å². The molecule has 1 atom stereocenters. The molecule has 1 aromatic rings. The van der Waals surface area contributed by atoms with Gasteiger partial charge in [-0.2, -0.15) is 17.0 Å². The monoisotopic (exact) mass is 426 g/mol. The first-order valence-corrected chi connectivity index (χ1v) is 11.9. The van der Waals surface area contributed by atoms with Crippen molar-refractivity contribution in [1.29, 1.82) is 0 Å². The van der Waals surface area contributed by atoms with Crippen molar-refractivity contribution in [3.8, 4) is 0 Å². The molecule has 1 aliphatic carbocycles. The van der Waals surface area contributed by atoms with Crippen LogP contribution in [0.15, 0.2) is 10.6 Å². The van der Waals surface area contributed by atoms with Crippen LogP contribution in [0.25, 0.3) is 0 Å². The minimum Gasteiger partial charge on any atom is -0.379 e. The van der Waals surface area contributed by atoms with Crippen molar-refractivity contribution in [2.75, 3.05) is 39.4 Å². The van der Waals surface area contributed by atoms with Crippen molar-refractivity contribution < 1.29 is 22.5 Å². The van der Waals surface area contributed by atoms with E-state index in [1.807, 2.05) is 6.07 Å². The highest BCUT2D eigenvalue weighted by Crippen LogP contribution is 2.38. The molecule has 0 spiro atoms. The molecular formula is C19H30N4O5S. The molecule has 10 heteroatoms. The van der Waals surface area contributed by atoms with Gasteiger partial charge >= 0.3 is 0 Å². The van der Waals surface area contributed by atoms with Crippen molar-refractivity contribution in [1.82, 2.24) is 13.8 Å². The van der Waals surface area contributed by atoms with E-state index in [4.69, 9.17) is 15.0 Å². The van der Waals surface area contributed by atoms with Gasteiger partial charge in [-0.1, -0.05) is 24.4 Å². The highest BCUT2D eigenvalue weighted by atomic mass is 32.2. The predicted octanol–water partition coefficient (Wildman–Crippen LogP) is 1.02. The maximum atomic E-state index is 13.0. The smallest absolute Gasteiger partial charge is 0.282 e. The molecule has 29 heavy (non-hydrogen) atoms. The second-order valence-electron chi connectivity index (χ2n) is 8.48. The Balaban J connectivity index is 1.48. The molecule has 3 fully saturated rings. The van der Waals surface area contributed by atoms with Crippen molar-refractivity contribution >= 4 is 16.1 Å². The van der Waals surface area contributed by atoms with E-state index in [0.717, 1.165) is 18.5 Å². The van der Waals surface area contributed by atoms with Crippen LogP contribution >= 0.6 is 0 Å². The van der Waals surface area contributed by atoms with Gasteiger partial charge < -0.3 is 15.0 Å². The van der Waals surface area contributed by atoms with Crippen molar-refractivity contribution in [2.45, 2.75) is 50.9 Å². The van der Waals surface area contributed by atoms with Crippen molar-refractivity contribution in [2.24, 2.45) is 11.1 Å². The summed E-state index contributed by atoms with van der Waals surface area (Å²) in [6.07, 6.45) is 6.54. The largest absolute Gasteiger partial charge is 0.379 e. The van der Waals surface area contributed by atoms with E-state index in [2.05, 4.69) is 5.16 Å². The summed E-state index contributed by atoms with van der Waals surface area (Å²) < 4.78 is 39.5. The first-order valence-electron chi connectivity index (χ1n) is 10.5. The molecule has 4 rings (SSSR count). The molecule has 2 aliphatic heterocycles. The number of aromatic nitrogens is 1. The molecule has 0 aromatic carbocycles. The number of nitrogens with zero attached hydrogens (tertiary/aromatic N) is 3. The zero-order chi connectivity index (χ0) is 20.5. The second kappa shape index (κ2) is 8.33. The third-order valence-corrected chi connectivity index (χ3v) is 8.56. The molecule has 1 saturated carbocycles. The van der Waals surface area contributed by atoms with Crippen LogP contribution in [0.1, 0.15) is 55.9 Å². The van der Waals surface area contributed by atoms with E-state index in [1.54, 1.807) is 0 Å². The van der Waals surface area contributed by atoms with Crippen LogP contribution in [-0.4, -0.2) is 67.5 Å². The van der Waals surface area contributed by atoms with Gasteiger partial charge in [0.1, 0.15) is 5.76 Å². The standard InChI is InChI=1S/C19H30N4O5S/c20-18(24)19(13-16-12-17(21-28-16)15-4-2-1-3-5-15)6-7-23(14-19)29(25,26)22-8-10-27-11-9-22/h12,15H,1-11,13-14H2,(H2,20,24).